The maximum Gasteiger partial charge on any atom is 0.0547 e. The molecule has 1 aromatic heterocycles. The van der Waals surface area contributed by atoms with Gasteiger partial charge in [0.2, 0.25) is 0 Å². The van der Waals surface area contributed by atoms with Gasteiger partial charge in [-0.25, -0.2) is 0 Å². The third-order valence-electron chi connectivity index (χ3n) is 13.9. The molecule has 0 aliphatic heterocycles. The van der Waals surface area contributed by atoms with E-state index < -0.39 is 0 Å². The summed E-state index contributed by atoms with van der Waals surface area (Å²) in [5.41, 5.74) is 22.3. The van der Waals surface area contributed by atoms with Crippen LogP contribution in [0.4, 0.5) is 5.69 Å². The molecule has 0 bridgehead atoms. The Morgan fingerprint density at radius 2 is 1.05 bits per heavy atom. The topological polar surface area (TPSA) is 17.0 Å². The second-order valence-corrected chi connectivity index (χ2v) is 19.9. The van der Waals surface area contributed by atoms with Crippen LogP contribution in [0.15, 0.2) is 169 Å². The molecule has 2 unspecified atom stereocenters. The fourth-order valence-corrected chi connectivity index (χ4v) is 10.0. The van der Waals surface area contributed by atoms with Gasteiger partial charge in [0, 0.05) is 33.4 Å². The zero-order valence-electron chi connectivity index (χ0n) is 37.6. The van der Waals surface area contributed by atoms with Crippen molar-refractivity contribution >= 4 is 38.6 Å². The van der Waals surface area contributed by atoms with Crippen LogP contribution in [0.5, 0.6) is 0 Å². The standard InChI is InChI=1S/C60H58N2/c1-38-39(2)51-36-55-54-34-43(41-21-28-46(29-22-41)60(6,7)8)25-32-57(54)62(48-17-13-10-14-18-48)58(55)37-53(51)49-30-23-44(35-50(38)49)52-33-42(40-19-26-45(27-20-40)59(3,4)5)24-31-56(52)61-47-15-11-9-12-16-47/h9-23,25-30,32-39,61H,24,31H2,1-8H3. The molecule has 10 rings (SSSR count). The van der Waals surface area contributed by atoms with E-state index in [1.807, 2.05) is 0 Å². The largest absolute Gasteiger partial charge is 0.358 e. The zero-order chi connectivity index (χ0) is 42.9. The lowest BCUT2D eigenvalue weighted by molar-refractivity contribution is 0.590. The number of aromatic nitrogens is 1. The van der Waals surface area contributed by atoms with Crippen LogP contribution in [0.3, 0.4) is 0 Å². The molecule has 2 nitrogen and oxygen atoms in total. The molecule has 0 spiro atoms. The molecule has 2 aliphatic carbocycles. The Labute approximate surface area is 368 Å². The molecule has 0 saturated heterocycles. The van der Waals surface area contributed by atoms with Gasteiger partial charge >= 0.3 is 0 Å². The van der Waals surface area contributed by atoms with E-state index in [2.05, 4.69) is 229 Å². The van der Waals surface area contributed by atoms with E-state index in [-0.39, 0.29) is 10.8 Å². The summed E-state index contributed by atoms with van der Waals surface area (Å²) in [6, 6.07) is 59.4. The fraction of sp³-hybridized carbons (Fsp3) is 0.233. The third-order valence-corrected chi connectivity index (χ3v) is 13.9. The van der Waals surface area contributed by atoms with Crippen molar-refractivity contribution in [3.8, 4) is 27.9 Å². The van der Waals surface area contributed by atoms with E-state index in [9.17, 15) is 0 Å². The monoisotopic (exact) mass is 806 g/mol. The summed E-state index contributed by atoms with van der Waals surface area (Å²) in [5, 5.41) is 6.46. The average Bonchev–Trinajstić information content (AvgIpc) is 3.60. The lowest BCUT2D eigenvalue weighted by Gasteiger charge is -2.32. The quantitative estimate of drug-likeness (QED) is 0.177. The van der Waals surface area contributed by atoms with Crippen molar-refractivity contribution in [3.05, 3.63) is 203 Å². The number of para-hydroxylation sites is 2. The molecule has 7 aromatic carbocycles. The van der Waals surface area contributed by atoms with E-state index >= 15 is 0 Å². The van der Waals surface area contributed by atoms with Crippen LogP contribution in [-0.4, -0.2) is 4.57 Å². The smallest absolute Gasteiger partial charge is 0.0547 e. The number of nitrogens with one attached hydrogen (secondary N) is 1. The van der Waals surface area contributed by atoms with Gasteiger partial charge in [-0.3, -0.25) is 0 Å². The minimum Gasteiger partial charge on any atom is -0.358 e. The first-order valence-corrected chi connectivity index (χ1v) is 22.6. The summed E-state index contributed by atoms with van der Waals surface area (Å²) in [5.74, 6) is 0.687. The number of allylic oxidation sites excluding steroid dienone is 4. The van der Waals surface area contributed by atoms with Gasteiger partial charge in [-0.15, -0.1) is 0 Å². The molecule has 62 heavy (non-hydrogen) atoms. The van der Waals surface area contributed by atoms with Crippen molar-refractivity contribution in [1.82, 2.24) is 4.57 Å². The number of hydrogen-bond donors (Lipinski definition) is 1. The molecule has 2 aliphatic rings. The highest BCUT2D eigenvalue weighted by Crippen LogP contribution is 2.50. The predicted octanol–water partition coefficient (Wildman–Crippen LogP) is 16.6. The van der Waals surface area contributed by atoms with Gasteiger partial charge in [0.15, 0.2) is 0 Å². The number of fused-ring (bicyclic) bond motifs is 6. The Morgan fingerprint density at radius 3 is 1.69 bits per heavy atom. The molecular weight excluding hydrogens is 749 g/mol. The normalized spacial score (nSPS) is 16.6. The van der Waals surface area contributed by atoms with Crippen molar-refractivity contribution in [2.24, 2.45) is 0 Å². The Kier molecular flexibility index (Phi) is 9.75. The molecule has 8 aromatic rings. The van der Waals surface area contributed by atoms with Crippen LogP contribution < -0.4 is 5.32 Å². The van der Waals surface area contributed by atoms with E-state index in [0.29, 0.717) is 11.8 Å². The lowest BCUT2D eigenvalue weighted by Crippen LogP contribution is -2.14. The second-order valence-electron chi connectivity index (χ2n) is 19.9. The Morgan fingerprint density at radius 1 is 0.484 bits per heavy atom. The summed E-state index contributed by atoms with van der Waals surface area (Å²) in [7, 11) is 0. The predicted molar refractivity (Wildman–Crippen MR) is 267 cm³/mol. The molecule has 0 fully saturated rings. The van der Waals surface area contributed by atoms with Gasteiger partial charge < -0.3 is 9.88 Å². The summed E-state index contributed by atoms with van der Waals surface area (Å²) < 4.78 is 2.48. The van der Waals surface area contributed by atoms with Crippen molar-refractivity contribution in [1.29, 1.82) is 0 Å². The maximum atomic E-state index is 3.86. The highest BCUT2D eigenvalue weighted by molar-refractivity contribution is 6.12. The molecule has 2 heteroatoms. The van der Waals surface area contributed by atoms with Crippen molar-refractivity contribution in [2.45, 2.75) is 90.9 Å². The van der Waals surface area contributed by atoms with Gasteiger partial charge in [0.25, 0.3) is 0 Å². The zero-order valence-corrected chi connectivity index (χ0v) is 37.6. The van der Waals surface area contributed by atoms with Gasteiger partial charge in [-0.2, -0.15) is 0 Å². The van der Waals surface area contributed by atoms with Crippen LogP contribution in [-0.2, 0) is 10.8 Å². The molecule has 2 atom stereocenters. The van der Waals surface area contributed by atoms with Crippen LogP contribution >= 0.6 is 0 Å². The van der Waals surface area contributed by atoms with Crippen molar-refractivity contribution < 1.29 is 0 Å². The number of nitrogens with zero attached hydrogens (tertiary/aromatic N) is 1. The molecule has 1 heterocycles. The highest BCUT2D eigenvalue weighted by atomic mass is 15.0. The number of benzene rings is 7. The first-order valence-electron chi connectivity index (χ1n) is 22.6. The van der Waals surface area contributed by atoms with Gasteiger partial charge in [0.05, 0.1) is 11.0 Å². The minimum atomic E-state index is 0.119. The van der Waals surface area contributed by atoms with Crippen LogP contribution in [0.1, 0.15) is 113 Å². The summed E-state index contributed by atoms with van der Waals surface area (Å²) in [6.07, 6.45) is 4.41. The molecule has 0 saturated carbocycles. The fourth-order valence-electron chi connectivity index (χ4n) is 10.0. The van der Waals surface area contributed by atoms with E-state index in [4.69, 9.17) is 0 Å². The summed E-state index contributed by atoms with van der Waals surface area (Å²) >= 11 is 0. The number of anilines is 1. The van der Waals surface area contributed by atoms with E-state index in [1.54, 1.807) is 0 Å². The molecule has 308 valence electrons. The van der Waals surface area contributed by atoms with Gasteiger partial charge in [-0.05, 0) is 151 Å². The summed E-state index contributed by atoms with van der Waals surface area (Å²) in [6.45, 7) is 18.6. The van der Waals surface area contributed by atoms with Crippen LogP contribution in [0.25, 0.3) is 60.9 Å². The average molecular weight is 807 g/mol. The number of rotatable bonds is 6. The first-order chi connectivity index (χ1) is 29.8. The van der Waals surface area contributed by atoms with Crippen LogP contribution in [0, 0.1) is 0 Å². The Hall–Kier alpha value is -6.38. The maximum absolute atomic E-state index is 3.86. The lowest BCUT2D eigenvalue weighted by atomic mass is 9.72. The SMILES string of the molecule is CC1c2cc(C3=C(Nc4ccccc4)CCC(c4ccc(C(C)(C)C)cc4)=C3)ccc2-c2cc3c(cc2C1C)c1cc(-c2ccc(C(C)(C)C)cc2)ccc1n3-c1ccccc1. The van der Waals surface area contributed by atoms with Crippen molar-refractivity contribution in [3.63, 3.8) is 0 Å². The Balaban J connectivity index is 1.11. The minimum absolute atomic E-state index is 0.119. The number of hydrogen-bond acceptors (Lipinski definition) is 1. The Bertz CT molecular complexity index is 3030. The van der Waals surface area contributed by atoms with E-state index in [0.717, 1.165) is 18.5 Å². The highest BCUT2D eigenvalue weighted by Gasteiger charge is 2.31. The van der Waals surface area contributed by atoms with Crippen LogP contribution in [0.2, 0.25) is 0 Å². The summed E-state index contributed by atoms with van der Waals surface area (Å²) in [4.78, 5) is 0. The first kappa shape index (κ1) is 39.7. The molecule has 0 amide bonds. The molecule has 0 radical (unpaired) electrons. The van der Waals surface area contributed by atoms with Crippen molar-refractivity contribution in [2.75, 3.05) is 5.32 Å². The van der Waals surface area contributed by atoms with Gasteiger partial charge in [-0.1, -0.05) is 165 Å². The molecule has 1 N–H and O–H groups in total. The van der Waals surface area contributed by atoms with E-state index in [1.165, 1.54) is 100.0 Å². The second kappa shape index (κ2) is 15.2. The molecular formula is C60H58N2. The van der Waals surface area contributed by atoms with Gasteiger partial charge in [0.1, 0.15) is 0 Å². The third kappa shape index (κ3) is 7.10.